The summed E-state index contributed by atoms with van der Waals surface area (Å²) in [6, 6.07) is 21.5. The summed E-state index contributed by atoms with van der Waals surface area (Å²) in [6.07, 6.45) is 0.706. The first-order chi connectivity index (χ1) is 17.4. The first-order valence-corrected chi connectivity index (χ1v) is 11.9. The molecule has 0 bridgehead atoms. The Kier molecular flexibility index (Phi) is 6.38. The van der Waals surface area contributed by atoms with Crippen LogP contribution in [0.4, 0.5) is 9.18 Å². The van der Waals surface area contributed by atoms with Gasteiger partial charge < -0.3 is 9.84 Å². The van der Waals surface area contributed by atoms with Gasteiger partial charge in [-0.1, -0.05) is 53.7 Å². The van der Waals surface area contributed by atoms with E-state index in [1.807, 2.05) is 56.3 Å². The van der Waals surface area contributed by atoms with Crippen molar-refractivity contribution < 1.29 is 13.7 Å². The number of hydrogen-bond acceptors (Lipinski definition) is 4. The average Bonchev–Trinajstić information content (AvgIpc) is 3.36. The Labute approximate surface area is 209 Å². The normalized spacial score (nSPS) is 15.8. The van der Waals surface area contributed by atoms with Crippen LogP contribution < -0.4 is 5.32 Å². The predicted octanol–water partition coefficient (Wildman–Crippen LogP) is 6.23. The molecule has 2 heterocycles. The third-order valence-corrected chi connectivity index (χ3v) is 6.69. The van der Waals surface area contributed by atoms with E-state index in [1.165, 1.54) is 17.7 Å². The minimum Gasteiger partial charge on any atom is -0.334 e. The number of aryl methyl sites for hydroxylation is 2. The van der Waals surface area contributed by atoms with Crippen molar-refractivity contribution in [3.8, 4) is 11.4 Å². The van der Waals surface area contributed by atoms with Gasteiger partial charge in [0.2, 0.25) is 5.82 Å². The van der Waals surface area contributed by atoms with Gasteiger partial charge in [0, 0.05) is 17.8 Å². The van der Waals surface area contributed by atoms with Crippen LogP contribution in [0.3, 0.4) is 0 Å². The Hall–Kier alpha value is -4.26. The number of carbonyl (C=O) groups excluding carboxylic acids is 1. The SMILES string of the molecule is CC1=C(c2nc(-c3ccc(F)cc3)no2)C(c2ccc(C)c(C)c2)NC(=O)N1CCc1ccccc1. The molecular weight excluding hydrogens is 455 g/mol. The molecular formula is C29H27FN4O2. The van der Waals surface area contributed by atoms with Crippen LogP contribution in [0.25, 0.3) is 17.0 Å². The lowest BCUT2D eigenvalue weighted by Gasteiger charge is -2.35. The summed E-state index contributed by atoms with van der Waals surface area (Å²) in [5, 5.41) is 7.30. The van der Waals surface area contributed by atoms with Gasteiger partial charge in [0.05, 0.1) is 11.6 Å². The molecule has 3 aromatic carbocycles. The van der Waals surface area contributed by atoms with Crippen molar-refractivity contribution in [3.63, 3.8) is 0 Å². The second-order valence-corrected chi connectivity index (χ2v) is 9.04. The number of nitrogens with zero attached hydrogens (tertiary/aromatic N) is 3. The predicted molar refractivity (Wildman–Crippen MR) is 136 cm³/mol. The zero-order valence-corrected chi connectivity index (χ0v) is 20.5. The molecule has 0 saturated carbocycles. The summed E-state index contributed by atoms with van der Waals surface area (Å²) >= 11 is 0. The standard InChI is InChI=1S/C29H27FN4O2/c1-18-9-10-23(17-19(18)2)26-25(28-32-27(33-36-28)22-11-13-24(30)14-12-22)20(3)34(29(35)31-26)16-15-21-7-5-4-6-8-21/h4-14,17,26H,15-16H2,1-3H3,(H,31,35). The number of urea groups is 1. The molecule has 4 aromatic rings. The number of benzene rings is 3. The van der Waals surface area contributed by atoms with Gasteiger partial charge in [0.1, 0.15) is 5.82 Å². The van der Waals surface area contributed by atoms with Gasteiger partial charge in [-0.3, -0.25) is 4.90 Å². The Balaban J connectivity index is 1.56. The molecule has 1 atom stereocenters. The molecule has 1 aliphatic heterocycles. The van der Waals surface area contributed by atoms with Gasteiger partial charge in [0.15, 0.2) is 0 Å². The Morgan fingerprint density at radius 1 is 0.972 bits per heavy atom. The molecule has 5 rings (SSSR count). The summed E-state index contributed by atoms with van der Waals surface area (Å²) in [6.45, 7) is 6.52. The number of rotatable bonds is 6. The first-order valence-electron chi connectivity index (χ1n) is 11.9. The third-order valence-electron chi connectivity index (χ3n) is 6.69. The van der Waals surface area contributed by atoms with Crippen LogP contribution in [0.15, 0.2) is 83.0 Å². The number of halogens is 1. The zero-order valence-electron chi connectivity index (χ0n) is 20.5. The molecule has 0 spiro atoms. The summed E-state index contributed by atoms with van der Waals surface area (Å²) in [4.78, 5) is 19.6. The second kappa shape index (κ2) is 9.77. The largest absolute Gasteiger partial charge is 0.334 e. The zero-order chi connectivity index (χ0) is 25.2. The smallest absolute Gasteiger partial charge is 0.322 e. The summed E-state index contributed by atoms with van der Waals surface area (Å²) in [7, 11) is 0. The molecule has 0 saturated heterocycles. The monoisotopic (exact) mass is 482 g/mol. The van der Waals surface area contributed by atoms with Gasteiger partial charge in [-0.05, 0) is 73.7 Å². The highest BCUT2D eigenvalue weighted by Gasteiger charge is 2.35. The quantitative estimate of drug-likeness (QED) is 0.354. The molecule has 7 heteroatoms. The molecule has 36 heavy (non-hydrogen) atoms. The highest BCUT2D eigenvalue weighted by molar-refractivity contribution is 5.87. The number of amides is 2. The highest BCUT2D eigenvalue weighted by atomic mass is 19.1. The summed E-state index contributed by atoms with van der Waals surface area (Å²) in [5.74, 6) is 0.344. The number of hydrogen-bond donors (Lipinski definition) is 1. The van der Waals surface area contributed by atoms with E-state index in [-0.39, 0.29) is 11.8 Å². The lowest BCUT2D eigenvalue weighted by molar-refractivity contribution is 0.205. The van der Waals surface area contributed by atoms with Crippen molar-refractivity contribution in [1.29, 1.82) is 0 Å². The van der Waals surface area contributed by atoms with Crippen LogP contribution in [-0.4, -0.2) is 27.6 Å². The molecule has 0 fully saturated rings. The van der Waals surface area contributed by atoms with Crippen molar-refractivity contribution in [2.45, 2.75) is 33.2 Å². The van der Waals surface area contributed by atoms with E-state index >= 15 is 0 Å². The molecule has 1 aliphatic rings. The van der Waals surface area contributed by atoms with Crippen LogP contribution in [0.5, 0.6) is 0 Å². The van der Waals surface area contributed by atoms with Crippen LogP contribution in [0, 0.1) is 19.7 Å². The van der Waals surface area contributed by atoms with Gasteiger partial charge in [-0.25, -0.2) is 9.18 Å². The molecule has 1 N–H and O–H groups in total. The van der Waals surface area contributed by atoms with E-state index in [2.05, 4.69) is 28.4 Å². The Bertz CT molecular complexity index is 1430. The molecule has 2 amide bonds. The van der Waals surface area contributed by atoms with E-state index in [9.17, 15) is 9.18 Å². The molecule has 1 aromatic heterocycles. The van der Waals surface area contributed by atoms with E-state index in [0.717, 1.165) is 28.0 Å². The minimum atomic E-state index is -0.453. The van der Waals surface area contributed by atoms with E-state index in [0.29, 0.717) is 30.2 Å². The van der Waals surface area contributed by atoms with E-state index in [1.54, 1.807) is 17.0 Å². The van der Waals surface area contributed by atoms with Crippen LogP contribution in [0.1, 0.15) is 41.1 Å². The van der Waals surface area contributed by atoms with Gasteiger partial charge in [-0.2, -0.15) is 4.98 Å². The number of carbonyl (C=O) groups is 1. The molecule has 1 unspecified atom stereocenters. The lowest BCUT2D eigenvalue weighted by atomic mass is 9.92. The van der Waals surface area contributed by atoms with Gasteiger partial charge in [0.25, 0.3) is 5.89 Å². The molecule has 6 nitrogen and oxygen atoms in total. The number of aromatic nitrogens is 2. The molecule has 0 aliphatic carbocycles. The van der Waals surface area contributed by atoms with Crippen molar-refractivity contribution in [2.24, 2.45) is 0 Å². The fraction of sp³-hybridized carbons (Fsp3) is 0.207. The fourth-order valence-electron chi connectivity index (χ4n) is 4.46. The van der Waals surface area contributed by atoms with Crippen LogP contribution in [-0.2, 0) is 6.42 Å². The molecule has 182 valence electrons. The minimum absolute atomic E-state index is 0.173. The maximum Gasteiger partial charge on any atom is 0.322 e. The topological polar surface area (TPSA) is 71.3 Å². The second-order valence-electron chi connectivity index (χ2n) is 9.04. The summed E-state index contributed by atoms with van der Waals surface area (Å²) < 4.78 is 19.1. The Morgan fingerprint density at radius 2 is 1.72 bits per heavy atom. The van der Waals surface area contributed by atoms with Crippen molar-refractivity contribution >= 4 is 11.6 Å². The number of allylic oxidation sites excluding steroid dienone is 1. The highest BCUT2D eigenvalue weighted by Crippen LogP contribution is 2.38. The van der Waals surface area contributed by atoms with Crippen molar-refractivity contribution in [3.05, 3.63) is 112 Å². The first kappa shape index (κ1) is 23.5. The fourth-order valence-corrected chi connectivity index (χ4v) is 4.46. The lowest BCUT2D eigenvalue weighted by Crippen LogP contribution is -2.46. The van der Waals surface area contributed by atoms with E-state index < -0.39 is 6.04 Å². The van der Waals surface area contributed by atoms with Crippen LogP contribution in [0.2, 0.25) is 0 Å². The maximum atomic E-state index is 13.4. The van der Waals surface area contributed by atoms with Crippen LogP contribution >= 0.6 is 0 Å². The third kappa shape index (κ3) is 4.64. The maximum absolute atomic E-state index is 13.4. The van der Waals surface area contributed by atoms with Gasteiger partial charge >= 0.3 is 6.03 Å². The molecule has 0 radical (unpaired) electrons. The average molecular weight is 483 g/mol. The van der Waals surface area contributed by atoms with Gasteiger partial charge in [-0.15, -0.1) is 0 Å². The Morgan fingerprint density at radius 3 is 2.44 bits per heavy atom. The van der Waals surface area contributed by atoms with E-state index in [4.69, 9.17) is 4.52 Å². The van der Waals surface area contributed by atoms with Crippen molar-refractivity contribution in [1.82, 2.24) is 20.4 Å². The summed E-state index contributed by atoms with van der Waals surface area (Å²) in [5.41, 5.74) is 6.52. The van der Waals surface area contributed by atoms with Crippen molar-refractivity contribution in [2.75, 3.05) is 6.54 Å². The number of nitrogens with one attached hydrogen (secondary N) is 1.